The predicted molar refractivity (Wildman–Crippen MR) is 72.8 cm³/mol. The molecule has 0 atom stereocenters. The van der Waals surface area contributed by atoms with Crippen LogP contribution >= 0.6 is 11.3 Å². The molecule has 1 saturated carbocycles. The lowest BCUT2D eigenvalue weighted by atomic mass is 10.1. The van der Waals surface area contributed by atoms with Gasteiger partial charge in [-0.2, -0.15) is 8.78 Å². The SMILES string of the molecule is O=C(Nc1nnc(C2CC2)s1)c1c(F)cc(OC(F)F)cc1F. The van der Waals surface area contributed by atoms with E-state index in [1.54, 1.807) is 0 Å². The van der Waals surface area contributed by atoms with Crippen molar-refractivity contribution in [3.63, 3.8) is 0 Å². The Morgan fingerprint density at radius 1 is 1.26 bits per heavy atom. The van der Waals surface area contributed by atoms with E-state index in [1.807, 2.05) is 0 Å². The van der Waals surface area contributed by atoms with Crippen LogP contribution in [0.3, 0.4) is 0 Å². The van der Waals surface area contributed by atoms with E-state index in [0.717, 1.165) is 29.2 Å². The molecule has 122 valence electrons. The van der Waals surface area contributed by atoms with Gasteiger partial charge in [-0.25, -0.2) is 8.78 Å². The Labute approximate surface area is 131 Å². The van der Waals surface area contributed by atoms with Gasteiger partial charge < -0.3 is 4.74 Å². The molecule has 3 rings (SSSR count). The van der Waals surface area contributed by atoms with E-state index in [1.165, 1.54) is 0 Å². The lowest BCUT2D eigenvalue weighted by Crippen LogP contribution is -2.16. The normalized spacial score (nSPS) is 14.1. The molecule has 1 N–H and O–H groups in total. The van der Waals surface area contributed by atoms with Crippen LogP contribution in [0.1, 0.15) is 34.1 Å². The van der Waals surface area contributed by atoms with Crippen LogP contribution < -0.4 is 10.1 Å². The first-order valence-electron chi connectivity index (χ1n) is 6.52. The highest BCUT2D eigenvalue weighted by Crippen LogP contribution is 2.42. The molecule has 1 amide bonds. The Morgan fingerprint density at radius 2 is 1.91 bits per heavy atom. The fraction of sp³-hybridized carbons (Fsp3) is 0.308. The second kappa shape index (κ2) is 6.11. The van der Waals surface area contributed by atoms with Crippen molar-refractivity contribution < 1.29 is 27.1 Å². The van der Waals surface area contributed by atoms with Gasteiger partial charge >= 0.3 is 6.61 Å². The minimum absolute atomic E-state index is 0.114. The van der Waals surface area contributed by atoms with Gasteiger partial charge in [0, 0.05) is 18.1 Å². The minimum atomic E-state index is -3.23. The molecule has 23 heavy (non-hydrogen) atoms. The molecule has 0 radical (unpaired) electrons. The van der Waals surface area contributed by atoms with Gasteiger partial charge in [0.1, 0.15) is 28.0 Å². The summed E-state index contributed by atoms with van der Waals surface area (Å²) in [6.07, 6.45) is 1.99. The zero-order valence-electron chi connectivity index (χ0n) is 11.4. The average Bonchev–Trinajstić information content (AvgIpc) is 3.18. The molecule has 0 aliphatic heterocycles. The highest BCUT2D eigenvalue weighted by molar-refractivity contribution is 7.15. The number of nitrogens with one attached hydrogen (secondary N) is 1. The number of nitrogens with zero attached hydrogens (tertiary/aromatic N) is 2. The molecular weight excluding hydrogens is 338 g/mol. The number of ether oxygens (including phenoxy) is 1. The number of rotatable bonds is 5. The van der Waals surface area contributed by atoms with Crippen molar-refractivity contribution in [3.8, 4) is 5.75 Å². The highest BCUT2D eigenvalue weighted by Gasteiger charge is 2.28. The van der Waals surface area contributed by atoms with E-state index in [0.29, 0.717) is 18.1 Å². The summed E-state index contributed by atoms with van der Waals surface area (Å²) in [5.74, 6) is -4.09. The number of carbonyl (C=O) groups is 1. The fourth-order valence-electron chi connectivity index (χ4n) is 1.88. The van der Waals surface area contributed by atoms with Crippen molar-refractivity contribution in [3.05, 3.63) is 34.3 Å². The lowest BCUT2D eigenvalue weighted by Gasteiger charge is -2.08. The molecule has 5 nitrogen and oxygen atoms in total. The molecule has 1 fully saturated rings. The smallest absolute Gasteiger partial charge is 0.387 e. The zero-order chi connectivity index (χ0) is 16.6. The summed E-state index contributed by atoms with van der Waals surface area (Å²) in [7, 11) is 0. The van der Waals surface area contributed by atoms with Crippen LogP contribution in [0.15, 0.2) is 12.1 Å². The van der Waals surface area contributed by atoms with Crippen LogP contribution in [0, 0.1) is 11.6 Å². The molecule has 1 heterocycles. The Bertz CT molecular complexity index is 726. The standard InChI is InChI=1S/C13H9F4N3O2S/c14-7-3-6(22-12(16)17)4-8(15)9(7)10(21)18-13-20-19-11(23-13)5-1-2-5/h3-5,12H,1-2H2,(H,18,20,21). The van der Waals surface area contributed by atoms with Gasteiger partial charge in [0.15, 0.2) is 0 Å². The van der Waals surface area contributed by atoms with E-state index < -0.39 is 35.5 Å². The van der Waals surface area contributed by atoms with Gasteiger partial charge in [0.25, 0.3) is 5.91 Å². The van der Waals surface area contributed by atoms with Gasteiger partial charge in [0.05, 0.1) is 0 Å². The van der Waals surface area contributed by atoms with Crippen molar-refractivity contribution in [2.24, 2.45) is 0 Å². The van der Waals surface area contributed by atoms with Crippen molar-refractivity contribution in [2.75, 3.05) is 5.32 Å². The average molecular weight is 347 g/mol. The molecule has 0 unspecified atom stereocenters. The Balaban J connectivity index is 1.77. The van der Waals surface area contributed by atoms with Crippen LogP contribution in [-0.4, -0.2) is 22.7 Å². The number of halogens is 4. The Morgan fingerprint density at radius 3 is 2.48 bits per heavy atom. The van der Waals surface area contributed by atoms with Crippen LogP contribution in [0.4, 0.5) is 22.7 Å². The maximum absolute atomic E-state index is 13.8. The van der Waals surface area contributed by atoms with E-state index in [9.17, 15) is 22.4 Å². The fourth-order valence-corrected chi connectivity index (χ4v) is 2.79. The number of carbonyl (C=O) groups excluding carboxylic acids is 1. The first-order chi connectivity index (χ1) is 10.9. The molecule has 1 aromatic heterocycles. The number of hydrogen-bond acceptors (Lipinski definition) is 5. The van der Waals surface area contributed by atoms with Gasteiger partial charge in [-0.05, 0) is 12.8 Å². The number of amides is 1. The topological polar surface area (TPSA) is 64.1 Å². The molecule has 0 spiro atoms. The summed E-state index contributed by atoms with van der Waals surface area (Å²) in [5.41, 5.74) is -0.908. The number of hydrogen-bond donors (Lipinski definition) is 1. The number of anilines is 1. The van der Waals surface area contributed by atoms with Crippen molar-refractivity contribution in [2.45, 2.75) is 25.4 Å². The molecular formula is C13H9F4N3O2S. The molecule has 2 aromatic rings. The maximum atomic E-state index is 13.8. The summed E-state index contributed by atoms with van der Waals surface area (Å²) in [5, 5.41) is 10.7. The summed E-state index contributed by atoms with van der Waals surface area (Å²) in [4.78, 5) is 11.9. The van der Waals surface area contributed by atoms with E-state index >= 15 is 0 Å². The largest absolute Gasteiger partial charge is 0.435 e. The molecule has 1 aromatic carbocycles. The molecule has 10 heteroatoms. The Kier molecular flexibility index (Phi) is 4.16. The third-order valence-electron chi connectivity index (χ3n) is 3.06. The monoisotopic (exact) mass is 347 g/mol. The molecule has 1 aliphatic carbocycles. The van der Waals surface area contributed by atoms with Crippen LogP contribution in [0.25, 0.3) is 0 Å². The Hall–Kier alpha value is -2.23. The molecule has 0 bridgehead atoms. The van der Waals surface area contributed by atoms with E-state index in [2.05, 4.69) is 20.3 Å². The summed E-state index contributed by atoms with van der Waals surface area (Å²) >= 11 is 1.13. The van der Waals surface area contributed by atoms with Crippen LogP contribution in [0.5, 0.6) is 5.75 Å². The minimum Gasteiger partial charge on any atom is -0.435 e. The lowest BCUT2D eigenvalue weighted by molar-refractivity contribution is -0.0501. The van der Waals surface area contributed by atoms with E-state index in [4.69, 9.17) is 0 Å². The second-order valence-corrected chi connectivity index (χ2v) is 5.82. The van der Waals surface area contributed by atoms with Crippen LogP contribution in [0.2, 0.25) is 0 Å². The third-order valence-corrected chi connectivity index (χ3v) is 4.06. The molecule has 1 aliphatic rings. The second-order valence-electron chi connectivity index (χ2n) is 4.81. The summed E-state index contributed by atoms with van der Waals surface area (Å²) in [6, 6.07) is 1.03. The predicted octanol–water partition coefficient (Wildman–Crippen LogP) is 3.55. The van der Waals surface area contributed by atoms with Gasteiger partial charge in [-0.15, -0.1) is 10.2 Å². The van der Waals surface area contributed by atoms with Crippen molar-refractivity contribution in [1.29, 1.82) is 0 Å². The molecule has 0 saturated heterocycles. The van der Waals surface area contributed by atoms with Gasteiger partial charge in [-0.3, -0.25) is 10.1 Å². The first-order valence-corrected chi connectivity index (χ1v) is 7.34. The van der Waals surface area contributed by atoms with E-state index in [-0.39, 0.29) is 5.13 Å². The third kappa shape index (κ3) is 3.58. The quantitative estimate of drug-likeness (QED) is 0.840. The first kappa shape index (κ1) is 15.7. The van der Waals surface area contributed by atoms with Gasteiger partial charge in [0.2, 0.25) is 5.13 Å². The van der Waals surface area contributed by atoms with Crippen LogP contribution in [-0.2, 0) is 0 Å². The number of aromatic nitrogens is 2. The maximum Gasteiger partial charge on any atom is 0.387 e. The number of benzene rings is 1. The zero-order valence-corrected chi connectivity index (χ0v) is 12.2. The van der Waals surface area contributed by atoms with Gasteiger partial charge in [-0.1, -0.05) is 11.3 Å². The summed E-state index contributed by atoms with van der Waals surface area (Å²) in [6.45, 7) is -3.23. The highest BCUT2D eigenvalue weighted by atomic mass is 32.1. The number of alkyl halides is 2. The van der Waals surface area contributed by atoms with Crippen molar-refractivity contribution in [1.82, 2.24) is 10.2 Å². The van der Waals surface area contributed by atoms with Crippen molar-refractivity contribution >= 4 is 22.4 Å². The summed E-state index contributed by atoms with van der Waals surface area (Å²) < 4.78 is 55.6.